The van der Waals surface area contributed by atoms with Gasteiger partial charge in [0.2, 0.25) is 5.82 Å². The average Bonchev–Trinajstić information content (AvgIpc) is 3.14. The van der Waals surface area contributed by atoms with E-state index in [9.17, 15) is 4.79 Å². The minimum Gasteiger partial charge on any atom is -0.360 e. The Hall–Kier alpha value is -2.67. The van der Waals surface area contributed by atoms with Crippen LogP contribution in [0.4, 0.5) is 5.82 Å². The average molecular weight is 332 g/mol. The maximum absolute atomic E-state index is 12.3. The fourth-order valence-electron chi connectivity index (χ4n) is 2.08. The highest BCUT2D eigenvalue weighted by Gasteiger charge is 2.18. The SMILES string of the molecule is CCc1nc(C(=O)Nc2cc(C)on2)nn1-c1ccccc1Cl. The van der Waals surface area contributed by atoms with Crippen molar-refractivity contribution in [2.24, 2.45) is 0 Å². The third kappa shape index (κ3) is 3.09. The van der Waals surface area contributed by atoms with Gasteiger partial charge in [0.05, 0.1) is 10.7 Å². The largest absolute Gasteiger partial charge is 0.360 e. The molecule has 0 radical (unpaired) electrons. The Labute approximate surface area is 137 Å². The summed E-state index contributed by atoms with van der Waals surface area (Å²) >= 11 is 6.20. The first-order chi connectivity index (χ1) is 11.1. The zero-order valence-corrected chi connectivity index (χ0v) is 13.3. The van der Waals surface area contributed by atoms with Crippen LogP contribution in [0.2, 0.25) is 5.02 Å². The molecule has 0 aliphatic rings. The third-order valence-corrected chi connectivity index (χ3v) is 3.46. The quantitative estimate of drug-likeness (QED) is 0.794. The van der Waals surface area contributed by atoms with Crippen LogP contribution in [0.15, 0.2) is 34.9 Å². The van der Waals surface area contributed by atoms with E-state index in [1.54, 1.807) is 23.7 Å². The standard InChI is InChI=1S/C15H14ClN5O2/c1-3-13-18-14(15(22)17-12-8-9(2)23-20-12)19-21(13)11-7-5-4-6-10(11)16/h4-8H,3H2,1-2H3,(H,17,20,22). The number of nitrogens with one attached hydrogen (secondary N) is 1. The fraction of sp³-hybridized carbons (Fsp3) is 0.200. The van der Waals surface area contributed by atoms with Crippen LogP contribution in [-0.2, 0) is 6.42 Å². The number of halogens is 1. The Balaban J connectivity index is 1.92. The zero-order chi connectivity index (χ0) is 16.4. The van der Waals surface area contributed by atoms with Gasteiger partial charge in [0.1, 0.15) is 11.6 Å². The van der Waals surface area contributed by atoms with E-state index in [1.165, 1.54) is 0 Å². The van der Waals surface area contributed by atoms with Gasteiger partial charge in [0.25, 0.3) is 5.91 Å². The van der Waals surface area contributed by atoms with Crippen molar-refractivity contribution in [2.45, 2.75) is 20.3 Å². The highest BCUT2D eigenvalue weighted by Crippen LogP contribution is 2.21. The third-order valence-electron chi connectivity index (χ3n) is 3.14. The molecular formula is C15H14ClN5O2. The maximum atomic E-state index is 12.3. The Morgan fingerprint density at radius 1 is 1.39 bits per heavy atom. The van der Waals surface area contributed by atoms with E-state index in [1.807, 2.05) is 25.1 Å². The molecule has 23 heavy (non-hydrogen) atoms. The van der Waals surface area contributed by atoms with Gasteiger partial charge in [-0.2, -0.15) is 0 Å². The minimum absolute atomic E-state index is 0.0439. The molecule has 0 spiro atoms. The first-order valence-electron chi connectivity index (χ1n) is 7.04. The summed E-state index contributed by atoms with van der Waals surface area (Å²) in [6.45, 7) is 3.67. The molecule has 0 saturated heterocycles. The van der Waals surface area contributed by atoms with Crippen molar-refractivity contribution in [3.8, 4) is 5.69 Å². The van der Waals surface area contributed by atoms with Gasteiger partial charge in [0.15, 0.2) is 5.82 Å². The topological polar surface area (TPSA) is 85.8 Å². The summed E-state index contributed by atoms with van der Waals surface area (Å²) in [5.41, 5.74) is 0.676. The monoisotopic (exact) mass is 331 g/mol. The lowest BCUT2D eigenvalue weighted by molar-refractivity contribution is 0.101. The van der Waals surface area contributed by atoms with Crippen LogP contribution in [0, 0.1) is 6.92 Å². The molecule has 0 atom stereocenters. The number of benzene rings is 1. The molecule has 0 saturated carbocycles. The second-order valence-corrected chi connectivity index (χ2v) is 5.25. The highest BCUT2D eigenvalue weighted by atomic mass is 35.5. The number of carbonyl (C=O) groups excluding carboxylic acids is 1. The van der Waals surface area contributed by atoms with E-state index in [-0.39, 0.29) is 5.82 Å². The van der Waals surface area contributed by atoms with Crippen LogP contribution in [0.5, 0.6) is 0 Å². The molecule has 1 amide bonds. The van der Waals surface area contributed by atoms with Crippen LogP contribution in [0.3, 0.4) is 0 Å². The van der Waals surface area contributed by atoms with Gasteiger partial charge in [-0.3, -0.25) is 4.79 Å². The van der Waals surface area contributed by atoms with Crippen LogP contribution < -0.4 is 5.32 Å². The van der Waals surface area contributed by atoms with E-state index >= 15 is 0 Å². The van der Waals surface area contributed by atoms with Gasteiger partial charge in [-0.05, 0) is 19.1 Å². The van der Waals surface area contributed by atoms with Crippen molar-refractivity contribution in [2.75, 3.05) is 5.32 Å². The molecule has 1 aromatic carbocycles. The summed E-state index contributed by atoms with van der Waals surface area (Å²) < 4.78 is 6.48. The molecule has 0 bridgehead atoms. The normalized spacial score (nSPS) is 10.7. The Morgan fingerprint density at radius 2 is 2.17 bits per heavy atom. The summed E-state index contributed by atoms with van der Waals surface area (Å²) in [6.07, 6.45) is 0.606. The summed E-state index contributed by atoms with van der Waals surface area (Å²) in [5.74, 6) is 1.14. The molecule has 0 aliphatic carbocycles. The molecule has 1 N–H and O–H groups in total. The molecule has 8 heteroatoms. The number of para-hydroxylation sites is 1. The van der Waals surface area contributed by atoms with Crippen LogP contribution >= 0.6 is 11.6 Å². The summed E-state index contributed by atoms with van der Waals surface area (Å²) in [6, 6.07) is 8.87. The molecular weight excluding hydrogens is 318 g/mol. The molecule has 0 aliphatic heterocycles. The molecule has 118 valence electrons. The van der Waals surface area contributed by atoms with Crippen LogP contribution in [0.1, 0.15) is 29.1 Å². The van der Waals surface area contributed by atoms with E-state index in [0.29, 0.717) is 34.5 Å². The highest BCUT2D eigenvalue weighted by molar-refractivity contribution is 6.32. The molecule has 0 unspecified atom stereocenters. The van der Waals surface area contributed by atoms with Crippen molar-refractivity contribution >= 4 is 23.3 Å². The van der Waals surface area contributed by atoms with Gasteiger partial charge in [-0.15, -0.1) is 5.10 Å². The second kappa shape index (κ2) is 6.21. The van der Waals surface area contributed by atoms with E-state index in [4.69, 9.17) is 16.1 Å². The summed E-state index contributed by atoms with van der Waals surface area (Å²) in [7, 11) is 0. The molecule has 0 fully saturated rings. The van der Waals surface area contributed by atoms with Gasteiger partial charge in [-0.25, -0.2) is 9.67 Å². The van der Waals surface area contributed by atoms with E-state index in [0.717, 1.165) is 0 Å². The zero-order valence-electron chi connectivity index (χ0n) is 12.6. The number of aryl methyl sites for hydroxylation is 2. The smallest absolute Gasteiger partial charge is 0.296 e. The number of carbonyl (C=O) groups is 1. The number of anilines is 1. The number of nitrogens with zero attached hydrogens (tertiary/aromatic N) is 4. The minimum atomic E-state index is -0.459. The van der Waals surface area contributed by atoms with Crippen LogP contribution in [-0.4, -0.2) is 25.8 Å². The lowest BCUT2D eigenvalue weighted by Gasteiger charge is -2.05. The number of hydrogen-bond acceptors (Lipinski definition) is 5. The number of amides is 1. The molecule has 3 aromatic rings. The number of rotatable bonds is 4. The summed E-state index contributed by atoms with van der Waals surface area (Å²) in [4.78, 5) is 16.5. The predicted molar refractivity (Wildman–Crippen MR) is 84.9 cm³/mol. The molecule has 7 nitrogen and oxygen atoms in total. The predicted octanol–water partition coefficient (Wildman–Crippen LogP) is 3.03. The fourth-order valence-corrected chi connectivity index (χ4v) is 2.30. The van der Waals surface area contributed by atoms with Crippen molar-refractivity contribution in [1.29, 1.82) is 0 Å². The van der Waals surface area contributed by atoms with Gasteiger partial charge in [0, 0.05) is 12.5 Å². The van der Waals surface area contributed by atoms with Crippen LogP contribution in [0.25, 0.3) is 5.69 Å². The van der Waals surface area contributed by atoms with Gasteiger partial charge >= 0.3 is 0 Å². The lowest BCUT2D eigenvalue weighted by atomic mass is 10.3. The number of hydrogen-bond donors (Lipinski definition) is 1. The lowest BCUT2D eigenvalue weighted by Crippen LogP contribution is -2.14. The number of aromatic nitrogens is 4. The van der Waals surface area contributed by atoms with Gasteiger partial charge in [-0.1, -0.05) is 35.8 Å². The van der Waals surface area contributed by atoms with Gasteiger partial charge < -0.3 is 9.84 Å². The molecule has 2 aromatic heterocycles. The van der Waals surface area contributed by atoms with Crippen molar-refractivity contribution < 1.29 is 9.32 Å². The van der Waals surface area contributed by atoms with Crippen molar-refractivity contribution in [3.63, 3.8) is 0 Å². The Bertz CT molecular complexity index is 855. The summed E-state index contributed by atoms with van der Waals surface area (Å²) in [5, 5.41) is 11.1. The second-order valence-electron chi connectivity index (χ2n) is 4.85. The van der Waals surface area contributed by atoms with Crippen molar-refractivity contribution in [1.82, 2.24) is 19.9 Å². The first kappa shape index (κ1) is 15.2. The maximum Gasteiger partial charge on any atom is 0.296 e. The van der Waals surface area contributed by atoms with E-state index < -0.39 is 5.91 Å². The molecule has 3 rings (SSSR count). The Morgan fingerprint density at radius 3 is 2.83 bits per heavy atom. The van der Waals surface area contributed by atoms with Crippen molar-refractivity contribution in [3.05, 3.63) is 52.8 Å². The Kier molecular flexibility index (Phi) is 4.12. The first-order valence-corrected chi connectivity index (χ1v) is 7.41. The van der Waals surface area contributed by atoms with E-state index in [2.05, 4.69) is 20.6 Å². The molecule has 2 heterocycles.